The number of nitrogens with one attached hydrogen (secondary N) is 1. The van der Waals surface area contributed by atoms with Crippen molar-refractivity contribution >= 4 is 23.4 Å². The molecule has 0 saturated heterocycles. The lowest BCUT2D eigenvalue weighted by atomic mass is 10.2. The van der Waals surface area contributed by atoms with Crippen LogP contribution >= 0.6 is 11.8 Å². The van der Waals surface area contributed by atoms with Gasteiger partial charge in [-0.1, -0.05) is 12.1 Å². The van der Waals surface area contributed by atoms with Crippen LogP contribution in [-0.4, -0.2) is 35.7 Å². The lowest BCUT2D eigenvalue weighted by Crippen LogP contribution is -2.41. The van der Waals surface area contributed by atoms with Crippen molar-refractivity contribution in [1.82, 2.24) is 4.90 Å². The van der Waals surface area contributed by atoms with Crippen LogP contribution in [0, 0.1) is 0 Å². The minimum absolute atomic E-state index is 0.00444. The third kappa shape index (κ3) is 2.57. The van der Waals surface area contributed by atoms with E-state index in [0.29, 0.717) is 0 Å². The smallest absolute Gasteiger partial charge is 0.237 e. The number of para-hydroxylation sites is 1. The highest BCUT2D eigenvalue weighted by atomic mass is 32.2. The number of fused-ring (bicyclic) bond motifs is 1. The molecule has 92 valence electrons. The summed E-state index contributed by atoms with van der Waals surface area (Å²) < 4.78 is 0. The van der Waals surface area contributed by atoms with Crippen molar-refractivity contribution in [3.8, 4) is 0 Å². The lowest BCUT2D eigenvalue weighted by Gasteiger charge is -2.29. The van der Waals surface area contributed by atoms with Crippen LogP contribution in [0.4, 0.5) is 5.69 Å². The van der Waals surface area contributed by atoms with Crippen LogP contribution in [0.1, 0.15) is 13.8 Å². The molecular weight excluding hydrogens is 232 g/mol. The van der Waals surface area contributed by atoms with E-state index in [0.717, 1.165) is 25.3 Å². The van der Waals surface area contributed by atoms with Gasteiger partial charge in [-0.2, -0.15) is 0 Å². The Kier molecular flexibility index (Phi) is 3.94. The molecule has 17 heavy (non-hydrogen) atoms. The second-order valence-corrected chi connectivity index (χ2v) is 5.24. The average Bonchev–Trinajstić information content (AvgIpc) is 2.39. The van der Waals surface area contributed by atoms with Crippen molar-refractivity contribution < 1.29 is 4.79 Å². The minimum Gasteiger partial charge on any atom is -0.382 e. The van der Waals surface area contributed by atoms with Crippen molar-refractivity contribution in [1.29, 1.82) is 0 Å². The number of anilines is 1. The maximum atomic E-state index is 12.2. The molecule has 0 saturated carbocycles. The van der Waals surface area contributed by atoms with Gasteiger partial charge in [0.05, 0.1) is 0 Å². The van der Waals surface area contributed by atoms with E-state index < -0.39 is 0 Å². The predicted molar refractivity (Wildman–Crippen MR) is 72.5 cm³/mol. The third-order valence-corrected chi connectivity index (χ3v) is 4.25. The fourth-order valence-electron chi connectivity index (χ4n) is 1.99. The van der Waals surface area contributed by atoms with Crippen LogP contribution in [0.3, 0.4) is 0 Å². The van der Waals surface area contributed by atoms with Crippen LogP contribution in [0.15, 0.2) is 29.2 Å². The SMILES string of the molecule is CCN(CC)C(=O)[C@@H]1CNc2ccccc2S1. The van der Waals surface area contributed by atoms with E-state index in [4.69, 9.17) is 0 Å². The van der Waals surface area contributed by atoms with Crippen molar-refractivity contribution in [2.75, 3.05) is 25.0 Å². The van der Waals surface area contributed by atoms with Crippen LogP contribution in [0.5, 0.6) is 0 Å². The molecule has 1 aromatic carbocycles. The van der Waals surface area contributed by atoms with Gasteiger partial charge in [0.15, 0.2) is 0 Å². The maximum absolute atomic E-state index is 12.2. The number of carbonyl (C=O) groups is 1. The second kappa shape index (κ2) is 5.45. The Morgan fingerprint density at radius 2 is 2.12 bits per heavy atom. The van der Waals surface area contributed by atoms with Gasteiger partial charge in [-0.05, 0) is 26.0 Å². The molecule has 0 spiro atoms. The first kappa shape index (κ1) is 12.3. The number of carbonyl (C=O) groups excluding carboxylic acids is 1. The average molecular weight is 250 g/mol. The summed E-state index contributed by atoms with van der Waals surface area (Å²) in [5, 5.41) is 3.33. The first-order valence-electron chi connectivity index (χ1n) is 6.04. The van der Waals surface area contributed by atoms with Gasteiger partial charge in [0.2, 0.25) is 5.91 Å². The highest BCUT2D eigenvalue weighted by Crippen LogP contribution is 2.35. The number of nitrogens with zero attached hydrogens (tertiary/aromatic N) is 1. The summed E-state index contributed by atoms with van der Waals surface area (Å²) in [5.41, 5.74) is 1.14. The normalized spacial score (nSPS) is 18.1. The molecule has 0 aliphatic carbocycles. The van der Waals surface area contributed by atoms with Gasteiger partial charge in [-0.3, -0.25) is 4.79 Å². The molecule has 4 heteroatoms. The van der Waals surface area contributed by atoms with E-state index in [-0.39, 0.29) is 11.2 Å². The molecule has 0 bridgehead atoms. The van der Waals surface area contributed by atoms with Crippen LogP contribution in [0.2, 0.25) is 0 Å². The van der Waals surface area contributed by atoms with Crippen molar-refractivity contribution in [3.63, 3.8) is 0 Å². The quantitative estimate of drug-likeness (QED) is 0.894. The molecule has 1 aliphatic heterocycles. The summed E-state index contributed by atoms with van der Waals surface area (Å²) in [6, 6.07) is 8.14. The largest absolute Gasteiger partial charge is 0.382 e. The Hall–Kier alpha value is -1.16. The first-order chi connectivity index (χ1) is 8.26. The lowest BCUT2D eigenvalue weighted by molar-refractivity contribution is -0.130. The van der Waals surface area contributed by atoms with Gasteiger partial charge in [0.1, 0.15) is 5.25 Å². The van der Waals surface area contributed by atoms with Gasteiger partial charge < -0.3 is 10.2 Å². The topological polar surface area (TPSA) is 32.3 Å². The maximum Gasteiger partial charge on any atom is 0.237 e. The van der Waals surface area contributed by atoms with Crippen molar-refractivity contribution in [2.24, 2.45) is 0 Å². The molecule has 0 aromatic heterocycles. The van der Waals surface area contributed by atoms with Crippen LogP contribution in [-0.2, 0) is 4.79 Å². The fraction of sp³-hybridized carbons (Fsp3) is 0.462. The van der Waals surface area contributed by atoms with E-state index in [1.165, 1.54) is 4.90 Å². The van der Waals surface area contributed by atoms with E-state index >= 15 is 0 Å². The van der Waals surface area contributed by atoms with E-state index in [9.17, 15) is 4.79 Å². The Morgan fingerprint density at radius 1 is 1.41 bits per heavy atom. The molecule has 1 aliphatic rings. The van der Waals surface area contributed by atoms with Gasteiger partial charge >= 0.3 is 0 Å². The third-order valence-electron chi connectivity index (χ3n) is 2.98. The molecule has 0 fully saturated rings. The molecule has 1 aromatic rings. The molecule has 1 heterocycles. The molecule has 1 atom stereocenters. The van der Waals surface area contributed by atoms with Gasteiger partial charge in [0, 0.05) is 30.2 Å². The van der Waals surface area contributed by atoms with Crippen molar-refractivity contribution in [3.05, 3.63) is 24.3 Å². The van der Waals surface area contributed by atoms with Gasteiger partial charge in [-0.15, -0.1) is 11.8 Å². The summed E-state index contributed by atoms with van der Waals surface area (Å²) in [7, 11) is 0. The Morgan fingerprint density at radius 3 is 2.82 bits per heavy atom. The van der Waals surface area contributed by atoms with Crippen molar-refractivity contribution in [2.45, 2.75) is 24.0 Å². The zero-order chi connectivity index (χ0) is 12.3. The Bertz CT molecular complexity index is 404. The summed E-state index contributed by atoms with van der Waals surface area (Å²) in [5.74, 6) is 0.238. The standard InChI is InChI=1S/C13H18N2OS/c1-3-15(4-2)13(16)12-9-14-10-7-5-6-8-11(10)17-12/h5-8,12,14H,3-4,9H2,1-2H3/t12-/m0/s1. The zero-order valence-corrected chi connectivity index (χ0v) is 11.1. The highest BCUT2D eigenvalue weighted by molar-refractivity contribution is 8.00. The highest BCUT2D eigenvalue weighted by Gasteiger charge is 2.27. The molecule has 0 unspecified atom stereocenters. The summed E-state index contributed by atoms with van der Waals surface area (Å²) in [4.78, 5) is 15.3. The molecule has 1 N–H and O–H groups in total. The monoisotopic (exact) mass is 250 g/mol. The summed E-state index contributed by atoms with van der Waals surface area (Å²) in [6.45, 7) is 6.34. The van der Waals surface area contributed by atoms with E-state index in [1.54, 1.807) is 11.8 Å². The molecule has 1 amide bonds. The first-order valence-corrected chi connectivity index (χ1v) is 6.92. The zero-order valence-electron chi connectivity index (χ0n) is 10.3. The number of thioether (sulfide) groups is 1. The van der Waals surface area contributed by atoms with E-state index in [1.807, 2.05) is 30.9 Å². The second-order valence-electron chi connectivity index (χ2n) is 3.99. The predicted octanol–water partition coefficient (Wildman–Crippen LogP) is 2.44. The molecule has 3 nitrogen and oxygen atoms in total. The number of hydrogen-bond acceptors (Lipinski definition) is 3. The number of rotatable bonds is 3. The Balaban J connectivity index is 2.09. The van der Waals surface area contributed by atoms with Crippen LogP contribution in [0.25, 0.3) is 0 Å². The Labute approximate surface area is 107 Å². The number of benzene rings is 1. The molecule has 0 radical (unpaired) electrons. The van der Waals surface area contributed by atoms with Gasteiger partial charge in [0.25, 0.3) is 0 Å². The number of hydrogen-bond donors (Lipinski definition) is 1. The minimum atomic E-state index is 0.00444. The summed E-state index contributed by atoms with van der Waals surface area (Å²) in [6.07, 6.45) is 0. The van der Waals surface area contributed by atoms with Crippen LogP contribution < -0.4 is 5.32 Å². The fourth-order valence-corrected chi connectivity index (χ4v) is 3.14. The van der Waals surface area contributed by atoms with E-state index in [2.05, 4.69) is 17.4 Å². The molecular formula is C13H18N2OS. The van der Waals surface area contributed by atoms with Gasteiger partial charge in [-0.25, -0.2) is 0 Å². The number of amides is 1. The summed E-state index contributed by atoms with van der Waals surface area (Å²) >= 11 is 1.67. The molecule has 2 rings (SSSR count).